The van der Waals surface area contributed by atoms with Gasteiger partial charge in [0.15, 0.2) is 5.82 Å². The van der Waals surface area contributed by atoms with Crippen LogP contribution in [0.15, 0.2) is 4.52 Å². The summed E-state index contributed by atoms with van der Waals surface area (Å²) in [6, 6.07) is 0. The molecule has 2 heterocycles. The van der Waals surface area contributed by atoms with Crippen molar-refractivity contribution < 1.29 is 4.52 Å². The molecule has 18 heavy (non-hydrogen) atoms. The summed E-state index contributed by atoms with van der Waals surface area (Å²) in [5.41, 5.74) is 9.56. The summed E-state index contributed by atoms with van der Waals surface area (Å²) in [4.78, 5) is 8.91. The van der Waals surface area contributed by atoms with Crippen molar-refractivity contribution in [1.82, 2.24) is 15.1 Å². The molecule has 0 saturated carbocycles. The first-order chi connectivity index (χ1) is 8.41. The van der Waals surface area contributed by atoms with E-state index in [0.717, 1.165) is 22.5 Å². The van der Waals surface area contributed by atoms with Crippen LogP contribution in [0.25, 0.3) is 11.4 Å². The molecule has 0 unspecified atom stereocenters. The van der Waals surface area contributed by atoms with Crippen LogP contribution < -0.4 is 5.73 Å². The average Bonchev–Trinajstić information content (AvgIpc) is 2.56. The Morgan fingerprint density at radius 1 is 1.06 bits per heavy atom. The zero-order valence-electron chi connectivity index (χ0n) is 11.4. The first-order valence-corrected chi connectivity index (χ1v) is 5.99. The fourth-order valence-corrected chi connectivity index (χ4v) is 2.23. The number of nitrogens with two attached hydrogens (primary N) is 1. The lowest BCUT2D eigenvalue weighted by Crippen LogP contribution is -2.07. The van der Waals surface area contributed by atoms with Gasteiger partial charge in [0.1, 0.15) is 11.6 Å². The van der Waals surface area contributed by atoms with E-state index in [1.165, 1.54) is 0 Å². The molecular formula is C13H18N4O. The molecule has 0 aliphatic rings. The quantitative estimate of drug-likeness (QED) is 0.881. The SMILES string of the molecule is Cc1noc(C)c1-c1nc(C)c(C(C)C)c(N)n1. The van der Waals surface area contributed by atoms with Crippen LogP contribution in [-0.4, -0.2) is 15.1 Å². The highest BCUT2D eigenvalue weighted by molar-refractivity contribution is 5.63. The van der Waals surface area contributed by atoms with E-state index >= 15 is 0 Å². The van der Waals surface area contributed by atoms with E-state index in [4.69, 9.17) is 10.3 Å². The standard InChI is InChI=1S/C13H18N4O/c1-6(2)10-7(3)15-13(16-12(10)14)11-8(4)17-18-9(11)5/h6H,1-5H3,(H2,14,15,16). The molecule has 0 saturated heterocycles. The predicted molar refractivity (Wildman–Crippen MR) is 70.2 cm³/mol. The van der Waals surface area contributed by atoms with Gasteiger partial charge < -0.3 is 10.3 Å². The summed E-state index contributed by atoms with van der Waals surface area (Å²) in [6.07, 6.45) is 0. The largest absolute Gasteiger partial charge is 0.383 e. The van der Waals surface area contributed by atoms with Crippen LogP contribution in [0, 0.1) is 20.8 Å². The van der Waals surface area contributed by atoms with Crippen LogP contribution in [0.2, 0.25) is 0 Å². The van der Waals surface area contributed by atoms with Crippen molar-refractivity contribution in [2.24, 2.45) is 0 Å². The molecule has 96 valence electrons. The minimum absolute atomic E-state index is 0.309. The van der Waals surface area contributed by atoms with Crippen LogP contribution in [0.5, 0.6) is 0 Å². The van der Waals surface area contributed by atoms with Gasteiger partial charge in [0, 0.05) is 11.3 Å². The molecule has 5 heteroatoms. The van der Waals surface area contributed by atoms with Gasteiger partial charge in [0.25, 0.3) is 0 Å². The zero-order chi connectivity index (χ0) is 13.4. The van der Waals surface area contributed by atoms with Crippen molar-refractivity contribution in [2.45, 2.75) is 40.5 Å². The van der Waals surface area contributed by atoms with E-state index in [2.05, 4.69) is 29.0 Å². The van der Waals surface area contributed by atoms with Gasteiger partial charge in [-0.15, -0.1) is 0 Å². The Labute approximate surface area is 106 Å². The molecule has 0 aliphatic carbocycles. The molecule has 2 rings (SSSR count). The molecule has 0 bridgehead atoms. The number of anilines is 1. The summed E-state index contributed by atoms with van der Waals surface area (Å²) in [7, 11) is 0. The van der Waals surface area contributed by atoms with Crippen molar-refractivity contribution in [3.05, 3.63) is 22.7 Å². The summed E-state index contributed by atoms with van der Waals surface area (Å²) >= 11 is 0. The molecule has 2 N–H and O–H groups in total. The van der Waals surface area contributed by atoms with Crippen molar-refractivity contribution in [1.29, 1.82) is 0 Å². The second-order valence-corrected chi connectivity index (χ2v) is 4.79. The molecule has 0 amide bonds. The van der Waals surface area contributed by atoms with Crippen LogP contribution in [0.4, 0.5) is 5.82 Å². The van der Waals surface area contributed by atoms with Gasteiger partial charge in [-0.1, -0.05) is 19.0 Å². The molecule has 2 aromatic rings. The van der Waals surface area contributed by atoms with Crippen molar-refractivity contribution in [3.8, 4) is 11.4 Å². The molecule has 0 radical (unpaired) electrons. The second kappa shape index (κ2) is 4.40. The van der Waals surface area contributed by atoms with Crippen LogP contribution >= 0.6 is 0 Å². The zero-order valence-corrected chi connectivity index (χ0v) is 11.4. The van der Waals surface area contributed by atoms with E-state index in [0.29, 0.717) is 23.3 Å². The maximum Gasteiger partial charge on any atom is 0.167 e. The lowest BCUT2D eigenvalue weighted by Gasteiger charge is -2.12. The summed E-state index contributed by atoms with van der Waals surface area (Å²) in [5, 5.41) is 3.91. The Hall–Kier alpha value is -1.91. The summed E-state index contributed by atoms with van der Waals surface area (Å²) in [6.45, 7) is 9.84. The highest BCUT2D eigenvalue weighted by Crippen LogP contribution is 2.29. The third kappa shape index (κ3) is 1.96. The van der Waals surface area contributed by atoms with E-state index in [1.807, 2.05) is 20.8 Å². The first kappa shape index (κ1) is 12.5. The van der Waals surface area contributed by atoms with Crippen LogP contribution in [0.3, 0.4) is 0 Å². The second-order valence-electron chi connectivity index (χ2n) is 4.79. The summed E-state index contributed by atoms with van der Waals surface area (Å²) < 4.78 is 5.14. The van der Waals surface area contributed by atoms with Crippen LogP contribution in [0.1, 0.15) is 42.5 Å². The fourth-order valence-electron chi connectivity index (χ4n) is 2.23. The lowest BCUT2D eigenvalue weighted by molar-refractivity contribution is 0.393. The monoisotopic (exact) mass is 246 g/mol. The lowest BCUT2D eigenvalue weighted by atomic mass is 10.0. The third-order valence-corrected chi connectivity index (χ3v) is 3.00. The normalized spacial score (nSPS) is 11.2. The number of nitrogens with zero attached hydrogens (tertiary/aromatic N) is 3. The van der Waals surface area contributed by atoms with Gasteiger partial charge in [-0.2, -0.15) is 0 Å². The molecule has 0 spiro atoms. The molecule has 0 fully saturated rings. The van der Waals surface area contributed by atoms with Crippen LogP contribution in [-0.2, 0) is 0 Å². The Bertz CT molecular complexity index is 544. The van der Waals surface area contributed by atoms with E-state index in [9.17, 15) is 0 Å². The first-order valence-electron chi connectivity index (χ1n) is 5.99. The Morgan fingerprint density at radius 3 is 2.17 bits per heavy atom. The number of nitrogen functional groups attached to an aromatic ring is 1. The highest BCUT2D eigenvalue weighted by Gasteiger charge is 2.18. The minimum atomic E-state index is 0.309. The maximum absolute atomic E-state index is 6.03. The van der Waals surface area contributed by atoms with Gasteiger partial charge in [0.2, 0.25) is 0 Å². The Balaban J connectivity index is 2.62. The number of aryl methyl sites for hydroxylation is 3. The fraction of sp³-hybridized carbons (Fsp3) is 0.462. The Morgan fingerprint density at radius 2 is 1.72 bits per heavy atom. The van der Waals surface area contributed by atoms with Gasteiger partial charge >= 0.3 is 0 Å². The van der Waals surface area contributed by atoms with E-state index in [-0.39, 0.29) is 0 Å². The predicted octanol–water partition coefficient (Wildman–Crippen LogP) is 2.76. The van der Waals surface area contributed by atoms with Crippen molar-refractivity contribution in [2.75, 3.05) is 5.73 Å². The van der Waals surface area contributed by atoms with E-state index < -0.39 is 0 Å². The molecular weight excluding hydrogens is 228 g/mol. The highest BCUT2D eigenvalue weighted by atomic mass is 16.5. The smallest absolute Gasteiger partial charge is 0.167 e. The third-order valence-electron chi connectivity index (χ3n) is 3.00. The molecule has 2 aromatic heterocycles. The summed E-state index contributed by atoms with van der Waals surface area (Å²) in [5.74, 6) is 2.14. The number of hydrogen-bond donors (Lipinski definition) is 1. The van der Waals surface area contributed by atoms with Gasteiger partial charge in [-0.05, 0) is 26.7 Å². The Kier molecular flexibility index (Phi) is 3.07. The van der Waals surface area contributed by atoms with E-state index in [1.54, 1.807) is 0 Å². The molecule has 5 nitrogen and oxygen atoms in total. The minimum Gasteiger partial charge on any atom is -0.383 e. The number of rotatable bonds is 2. The average molecular weight is 246 g/mol. The molecule has 0 aliphatic heterocycles. The van der Waals surface area contributed by atoms with Gasteiger partial charge in [0.05, 0.1) is 11.3 Å². The topological polar surface area (TPSA) is 77.8 Å². The number of aromatic nitrogens is 3. The van der Waals surface area contributed by atoms with Gasteiger partial charge in [-0.25, -0.2) is 9.97 Å². The molecule has 0 aromatic carbocycles. The molecule has 0 atom stereocenters. The maximum atomic E-state index is 6.03. The van der Waals surface area contributed by atoms with Crippen molar-refractivity contribution >= 4 is 5.82 Å². The van der Waals surface area contributed by atoms with Crippen molar-refractivity contribution in [3.63, 3.8) is 0 Å². The van der Waals surface area contributed by atoms with Gasteiger partial charge in [-0.3, -0.25) is 0 Å². The number of hydrogen-bond acceptors (Lipinski definition) is 5.